The Bertz CT molecular complexity index is 478. The molecule has 1 amide bonds. The van der Waals surface area contributed by atoms with Gasteiger partial charge in [-0.2, -0.15) is 0 Å². The molecule has 5 heteroatoms. The Kier molecular flexibility index (Phi) is 5.59. The smallest absolute Gasteiger partial charge is 0.224 e. The molecule has 1 fully saturated rings. The molecule has 1 aromatic rings. The van der Waals surface area contributed by atoms with Crippen LogP contribution in [-0.4, -0.2) is 44.6 Å². The second-order valence-corrected chi connectivity index (χ2v) is 5.44. The highest BCUT2D eigenvalue weighted by atomic mass is 16.5. The number of nitrogens with two attached hydrogens (primary N) is 1. The lowest BCUT2D eigenvalue weighted by atomic mass is 9.94. The average molecular weight is 291 g/mol. The van der Waals surface area contributed by atoms with Gasteiger partial charge in [-0.05, 0) is 25.5 Å². The van der Waals surface area contributed by atoms with Crippen LogP contribution in [0.25, 0.3) is 0 Å². The van der Waals surface area contributed by atoms with Gasteiger partial charge in [0.25, 0.3) is 0 Å². The van der Waals surface area contributed by atoms with Crippen LogP contribution in [0.2, 0.25) is 0 Å². The Morgan fingerprint density at radius 2 is 2.29 bits per heavy atom. The highest BCUT2D eigenvalue weighted by Crippen LogP contribution is 2.31. The molecule has 0 saturated carbocycles. The summed E-state index contributed by atoms with van der Waals surface area (Å²) in [5.41, 5.74) is 7.11. The molecule has 116 valence electrons. The van der Waals surface area contributed by atoms with Crippen LogP contribution in [-0.2, 0) is 4.79 Å². The fourth-order valence-corrected chi connectivity index (χ4v) is 3.12. The van der Waals surface area contributed by atoms with E-state index in [1.165, 1.54) is 0 Å². The molecular formula is C16H25N3O2. The van der Waals surface area contributed by atoms with Gasteiger partial charge in [-0.3, -0.25) is 9.69 Å². The molecule has 1 aliphatic rings. The minimum atomic E-state index is 0.0486. The number of hydrogen-bond donors (Lipinski definition) is 2. The lowest BCUT2D eigenvalue weighted by molar-refractivity contribution is -0.126. The standard InChI is InChI=1S/C16H25N3O2/c1-18-16(20)12-6-5-9-19(11-12)14(10-17)13-7-3-4-8-15(13)21-2/h3-4,7-8,12,14H,5-6,9-11,17H2,1-2H3,(H,18,20). The Hall–Kier alpha value is -1.59. The first-order valence-corrected chi connectivity index (χ1v) is 7.49. The molecule has 0 spiro atoms. The summed E-state index contributed by atoms with van der Waals surface area (Å²) in [7, 11) is 3.37. The van der Waals surface area contributed by atoms with Gasteiger partial charge in [0.15, 0.2) is 0 Å². The second kappa shape index (κ2) is 7.43. The molecule has 0 aromatic heterocycles. The largest absolute Gasteiger partial charge is 0.496 e. The van der Waals surface area contributed by atoms with Gasteiger partial charge in [0.1, 0.15) is 5.75 Å². The SMILES string of the molecule is CNC(=O)C1CCCN(C(CN)c2ccccc2OC)C1. The van der Waals surface area contributed by atoms with Crippen molar-refractivity contribution in [2.45, 2.75) is 18.9 Å². The zero-order chi connectivity index (χ0) is 15.2. The molecule has 21 heavy (non-hydrogen) atoms. The maximum atomic E-state index is 11.9. The van der Waals surface area contributed by atoms with Crippen LogP contribution in [0.15, 0.2) is 24.3 Å². The molecular weight excluding hydrogens is 266 g/mol. The number of hydrogen-bond acceptors (Lipinski definition) is 4. The van der Waals surface area contributed by atoms with E-state index in [1.807, 2.05) is 18.2 Å². The molecule has 0 bridgehead atoms. The molecule has 0 radical (unpaired) electrons. The van der Waals surface area contributed by atoms with Crippen molar-refractivity contribution in [3.63, 3.8) is 0 Å². The number of carbonyl (C=O) groups is 1. The fraction of sp³-hybridized carbons (Fsp3) is 0.562. The van der Waals surface area contributed by atoms with Gasteiger partial charge < -0.3 is 15.8 Å². The minimum absolute atomic E-state index is 0.0486. The van der Waals surface area contributed by atoms with E-state index in [-0.39, 0.29) is 17.9 Å². The highest BCUT2D eigenvalue weighted by molar-refractivity contribution is 5.78. The van der Waals surface area contributed by atoms with Crippen LogP contribution in [0.5, 0.6) is 5.75 Å². The average Bonchev–Trinajstić information content (AvgIpc) is 2.55. The van der Waals surface area contributed by atoms with E-state index >= 15 is 0 Å². The molecule has 1 heterocycles. The summed E-state index contributed by atoms with van der Waals surface area (Å²) in [5.74, 6) is 1.03. The Labute approximate surface area is 126 Å². The summed E-state index contributed by atoms with van der Waals surface area (Å²) < 4.78 is 5.45. The molecule has 1 saturated heterocycles. The van der Waals surface area contributed by atoms with Gasteiger partial charge in [0.05, 0.1) is 19.1 Å². The first kappa shape index (κ1) is 15.8. The number of likely N-dealkylation sites (tertiary alicyclic amines) is 1. The number of methoxy groups -OCH3 is 1. The van der Waals surface area contributed by atoms with E-state index in [0.29, 0.717) is 6.54 Å². The molecule has 2 unspecified atom stereocenters. The number of nitrogens with zero attached hydrogens (tertiary/aromatic N) is 1. The summed E-state index contributed by atoms with van der Waals surface area (Å²) in [6, 6.07) is 8.06. The van der Waals surface area contributed by atoms with E-state index in [1.54, 1.807) is 14.2 Å². The van der Waals surface area contributed by atoms with Crippen molar-refractivity contribution in [1.82, 2.24) is 10.2 Å². The van der Waals surface area contributed by atoms with Gasteiger partial charge in [0, 0.05) is 25.7 Å². The number of nitrogens with one attached hydrogen (secondary N) is 1. The zero-order valence-electron chi connectivity index (χ0n) is 12.8. The topological polar surface area (TPSA) is 67.6 Å². The van der Waals surface area contributed by atoms with E-state index in [9.17, 15) is 4.79 Å². The number of piperidine rings is 1. The zero-order valence-corrected chi connectivity index (χ0v) is 12.8. The number of rotatable bonds is 5. The first-order chi connectivity index (χ1) is 10.2. The third kappa shape index (κ3) is 3.54. The normalized spacial score (nSPS) is 20.8. The Morgan fingerprint density at radius 3 is 2.95 bits per heavy atom. The molecule has 1 aliphatic heterocycles. The summed E-state index contributed by atoms with van der Waals surface area (Å²) in [4.78, 5) is 14.2. The predicted molar refractivity (Wildman–Crippen MR) is 83.2 cm³/mol. The van der Waals surface area contributed by atoms with Crippen molar-refractivity contribution >= 4 is 5.91 Å². The van der Waals surface area contributed by atoms with Crippen molar-refractivity contribution in [3.05, 3.63) is 29.8 Å². The van der Waals surface area contributed by atoms with Gasteiger partial charge in [-0.1, -0.05) is 18.2 Å². The third-order valence-corrected chi connectivity index (χ3v) is 4.23. The van der Waals surface area contributed by atoms with Crippen LogP contribution in [0.3, 0.4) is 0 Å². The molecule has 5 nitrogen and oxygen atoms in total. The van der Waals surface area contributed by atoms with Crippen molar-refractivity contribution in [2.75, 3.05) is 33.8 Å². The van der Waals surface area contributed by atoms with Gasteiger partial charge in [-0.25, -0.2) is 0 Å². The quantitative estimate of drug-likeness (QED) is 0.854. The Morgan fingerprint density at radius 1 is 1.52 bits per heavy atom. The maximum Gasteiger partial charge on any atom is 0.224 e. The summed E-state index contributed by atoms with van der Waals surface area (Å²) in [5, 5.41) is 2.75. The third-order valence-electron chi connectivity index (χ3n) is 4.23. The van der Waals surface area contributed by atoms with Crippen LogP contribution < -0.4 is 15.8 Å². The number of para-hydroxylation sites is 1. The maximum absolute atomic E-state index is 11.9. The van der Waals surface area contributed by atoms with Gasteiger partial charge in [-0.15, -0.1) is 0 Å². The molecule has 1 aromatic carbocycles. The van der Waals surface area contributed by atoms with E-state index in [4.69, 9.17) is 10.5 Å². The van der Waals surface area contributed by atoms with E-state index in [0.717, 1.165) is 37.2 Å². The van der Waals surface area contributed by atoms with Crippen LogP contribution in [0, 0.1) is 5.92 Å². The minimum Gasteiger partial charge on any atom is -0.496 e. The van der Waals surface area contributed by atoms with Gasteiger partial charge in [0.2, 0.25) is 5.91 Å². The fourth-order valence-electron chi connectivity index (χ4n) is 3.12. The van der Waals surface area contributed by atoms with Crippen molar-refractivity contribution in [3.8, 4) is 5.75 Å². The first-order valence-electron chi connectivity index (χ1n) is 7.49. The predicted octanol–water partition coefficient (Wildman–Crippen LogP) is 1.15. The van der Waals surface area contributed by atoms with Crippen LogP contribution in [0.4, 0.5) is 0 Å². The number of ether oxygens (including phenoxy) is 1. The van der Waals surface area contributed by atoms with Crippen molar-refractivity contribution < 1.29 is 9.53 Å². The number of amides is 1. The number of carbonyl (C=O) groups excluding carboxylic acids is 1. The monoisotopic (exact) mass is 291 g/mol. The van der Waals surface area contributed by atoms with Crippen LogP contribution in [0.1, 0.15) is 24.4 Å². The van der Waals surface area contributed by atoms with E-state index < -0.39 is 0 Å². The lowest BCUT2D eigenvalue weighted by Gasteiger charge is -2.37. The van der Waals surface area contributed by atoms with E-state index in [2.05, 4.69) is 16.3 Å². The lowest BCUT2D eigenvalue weighted by Crippen LogP contribution is -2.45. The molecule has 3 N–H and O–H groups in total. The van der Waals surface area contributed by atoms with Crippen molar-refractivity contribution in [2.24, 2.45) is 11.7 Å². The number of benzene rings is 1. The molecule has 2 atom stereocenters. The summed E-state index contributed by atoms with van der Waals surface area (Å²) in [6.45, 7) is 2.23. The Balaban J connectivity index is 2.18. The summed E-state index contributed by atoms with van der Waals surface area (Å²) >= 11 is 0. The second-order valence-electron chi connectivity index (χ2n) is 5.44. The molecule has 2 rings (SSSR count). The van der Waals surface area contributed by atoms with Gasteiger partial charge >= 0.3 is 0 Å². The van der Waals surface area contributed by atoms with Crippen LogP contribution >= 0.6 is 0 Å². The van der Waals surface area contributed by atoms with Crippen molar-refractivity contribution in [1.29, 1.82) is 0 Å². The molecule has 0 aliphatic carbocycles. The highest BCUT2D eigenvalue weighted by Gasteiger charge is 2.30. The summed E-state index contributed by atoms with van der Waals surface area (Å²) in [6.07, 6.45) is 1.96.